The van der Waals surface area contributed by atoms with Crippen molar-refractivity contribution in [2.75, 3.05) is 10.6 Å². The quantitative estimate of drug-likeness (QED) is 0.908. The number of carbonyl (C=O) groups is 2. The lowest BCUT2D eigenvalue weighted by Gasteiger charge is -2.07. The van der Waals surface area contributed by atoms with E-state index in [0.717, 1.165) is 5.56 Å². The maximum absolute atomic E-state index is 12.1. The number of aryl methyl sites for hydroxylation is 1. The van der Waals surface area contributed by atoms with Crippen LogP contribution in [-0.2, 0) is 4.79 Å². The molecule has 2 rings (SSSR count). The second kappa shape index (κ2) is 7.04. The van der Waals surface area contributed by atoms with Gasteiger partial charge in [0.25, 0.3) is 5.91 Å². The molecule has 0 saturated heterocycles. The lowest BCUT2D eigenvalue weighted by Crippen LogP contribution is -2.12. The van der Waals surface area contributed by atoms with Crippen LogP contribution in [0.5, 0.6) is 0 Å². The standard InChI is InChI=1S/C17H15N3O2/c1-12-2-4-13(5-3-12)17(22)20-15-8-6-14(7-9-15)19-16(21)10-11-18/h2-9H,10H2,1H3,(H,19,21)(H,20,22). The number of hydrogen-bond acceptors (Lipinski definition) is 3. The highest BCUT2D eigenvalue weighted by Gasteiger charge is 2.06. The van der Waals surface area contributed by atoms with E-state index < -0.39 is 0 Å². The van der Waals surface area contributed by atoms with Crippen LogP contribution in [0.4, 0.5) is 11.4 Å². The van der Waals surface area contributed by atoms with E-state index in [2.05, 4.69) is 10.6 Å². The van der Waals surface area contributed by atoms with Gasteiger partial charge in [0.05, 0.1) is 6.07 Å². The maximum atomic E-state index is 12.1. The fourth-order valence-electron chi connectivity index (χ4n) is 1.82. The summed E-state index contributed by atoms with van der Waals surface area (Å²) in [6, 6.07) is 15.8. The van der Waals surface area contributed by atoms with Gasteiger partial charge >= 0.3 is 0 Å². The van der Waals surface area contributed by atoms with Gasteiger partial charge in [-0.3, -0.25) is 9.59 Å². The van der Waals surface area contributed by atoms with E-state index in [9.17, 15) is 9.59 Å². The fourth-order valence-corrected chi connectivity index (χ4v) is 1.82. The van der Waals surface area contributed by atoms with Crippen molar-refractivity contribution in [1.29, 1.82) is 5.26 Å². The molecule has 2 amide bonds. The molecule has 2 aromatic rings. The van der Waals surface area contributed by atoms with E-state index >= 15 is 0 Å². The number of carbonyl (C=O) groups excluding carboxylic acids is 2. The van der Waals surface area contributed by atoms with E-state index in [1.807, 2.05) is 19.1 Å². The highest BCUT2D eigenvalue weighted by Crippen LogP contribution is 2.15. The van der Waals surface area contributed by atoms with Crippen molar-refractivity contribution < 1.29 is 9.59 Å². The smallest absolute Gasteiger partial charge is 0.255 e. The Balaban J connectivity index is 1.99. The molecule has 0 spiro atoms. The van der Waals surface area contributed by atoms with Crippen molar-refractivity contribution in [3.8, 4) is 6.07 Å². The molecule has 5 nitrogen and oxygen atoms in total. The summed E-state index contributed by atoms with van der Waals surface area (Å²) in [6.45, 7) is 1.96. The first-order valence-electron chi connectivity index (χ1n) is 6.73. The summed E-state index contributed by atoms with van der Waals surface area (Å²) in [5, 5.41) is 13.8. The number of nitriles is 1. The van der Waals surface area contributed by atoms with Crippen molar-refractivity contribution in [2.24, 2.45) is 0 Å². The van der Waals surface area contributed by atoms with E-state index in [1.165, 1.54) is 0 Å². The molecule has 0 saturated carbocycles. The first-order chi connectivity index (χ1) is 10.6. The Morgan fingerprint density at radius 1 is 0.955 bits per heavy atom. The number of benzene rings is 2. The van der Waals surface area contributed by atoms with Crippen LogP contribution in [0.15, 0.2) is 48.5 Å². The SMILES string of the molecule is Cc1ccc(C(=O)Nc2ccc(NC(=O)CC#N)cc2)cc1. The number of hydrogen-bond donors (Lipinski definition) is 2. The third-order valence-corrected chi connectivity index (χ3v) is 2.98. The lowest BCUT2D eigenvalue weighted by molar-refractivity contribution is -0.115. The second-order valence-electron chi connectivity index (χ2n) is 4.78. The monoisotopic (exact) mass is 293 g/mol. The first-order valence-corrected chi connectivity index (χ1v) is 6.73. The summed E-state index contributed by atoms with van der Waals surface area (Å²) in [5.41, 5.74) is 2.88. The zero-order valence-electron chi connectivity index (χ0n) is 12.1. The predicted octanol–water partition coefficient (Wildman–Crippen LogP) is 3.10. The third-order valence-electron chi connectivity index (χ3n) is 2.98. The van der Waals surface area contributed by atoms with Crippen LogP contribution >= 0.6 is 0 Å². The molecule has 0 bridgehead atoms. The minimum absolute atomic E-state index is 0.189. The molecule has 22 heavy (non-hydrogen) atoms. The van der Waals surface area contributed by atoms with Gasteiger partial charge in [0.2, 0.25) is 5.91 Å². The minimum Gasteiger partial charge on any atom is -0.325 e. The van der Waals surface area contributed by atoms with Gasteiger partial charge in [0.15, 0.2) is 0 Å². The molecule has 5 heteroatoms. The van der Waals surface area contributed by atoms with Gasteiger partial charge < -0.3 is 10.6 Å². The summed E-state index contributed by atoms with van der Waals surface area (Å²) in [4.78, 5) is 23.3. The van der Waals surface area contributed by atoms with Crippen LogP contribution < -0.4 is 10.6 Å². The molecule has 110 valence electrons. The highest BCUT2D eigenvalue weighted by atomic mass is 16.2. The third kappa shape index (κ3) is 4.18. The molecular formula is C17H15N3O2. The highest BCUT2D eigenvalue weighted by molar-refractivity contribution is 6.04. The van der Waals surface area contributed by atoms with Crippen molar-refractivity contribution in [3.05, 3.63) is 59.7 Å². The summed E-state index contributed by atoms with van der Waals surface area (Å²) >= 11 is 0. The Labute approximate surface area is 128 Å². The van der Waals surface area contributed by atoms with Crippen LogP contribution in [0.25, 0.3) is 0 Å². The summed E-state index contributed by atoms with van der Waals surface area (Å²) < 4.78 is 0. The Morgan fingerprint density at radius 3 is 2.05 bits per heavy atom. The summed E-state index contributed by atoms with van der Waals surface area (Å²) in [5.74, 6) is -0.555. The predicted molar refractivity (Wildman–Crippen MR) is 84.4 cm³/mol. The molecule has 0 atom stereocenters. The van der Waals surface area contributed by atoms with Crippen LogP contribution in [0.3, 0.4) is 0 Å². The number of rotatable bonds is 4. The van der Waals surface area contributed by atoms with E-state index in [1.54, 1.807) is 42.5 Å². The van der Waals surface area contributed by atoms with Gasteiger partial charge in [-0.25, -0.2) is 0 Å². The van der Waals surface area contributed by atoms with Crippen LogP contribution in [0.1, 0.15) is 22.3 Å². The van der Waals surface area contributed by atoms with Crippen molar-refractivity contribution >= 4 is 23.2 Å². The molecule has 0 fully saturated rings. The minimum atomic E-state index is -0.362. The van der Waals surface area contributed by atoms with Crippen LogP contribution in [-0.4, -0.2) is 11.8 Å². The molecule has 0 radical (unpaired) electrons. The summed E-state index contributed by atoms with van der Waals surface area (Å²) in [7, 11) is 0. The molecule has 0 aliphatic rings. The number of anilines is 2. The van der Waals surface area contributed by atoms with E-state index in [0.29, 0.717) is 16.9 Å². The van der Waals surface area contributed by atoms with E-state index in [4.69, 9.17) is 5.26 Å². The van der Waals surface area contributed by atoms with E-state index in [-0.39, 0.29) is 18.2 Å². The Bertz CT molecular complexity index is 713. The Hall–Kier alpha value is -3.13. The largest absolute Gasteiger partial charge is 0.325 e. The second-order valence-corrected chi connectivity index (χ2v) is 4.78. The summed E-state index contributed by atoms with van der Waals surface area (Å²) in [6.07, 6.45) is -0.189. The Morgan fingerprint density at radius 2 is 1.50 bits per heavy atom. The van der Waals surface area contributed by atoms with Gasteiger partial charge in [-0.1, -0.05) is 17.7 Å². The number of amides is 2. The molecule has 0 unspecified atom stereocenters. The zero-order chi connectivity index (χ0) is 15.9. The van der Waals surface area contributed by atoms with Crippen LogP contribution in [0, 0.1) is 18.3 Å². The lowest BCUT2D eigenvalue weighted by atomic mass is 10.1. The zero-order valence-corrected chi connectivity index (χ0v) is 12.1. The normalized spacial score (nSPS) is 9.64. The first kappa shape index (κ1) is 15.3. The van der Waals surface area contributed by atoms with Gasteiger partial charge in [-0.05, 0) is 43.3 Å². The van der Waals surface area contributed by atoms with Gasteiger partial charge in [0.1, 0.15) is 6.42 Å². The van der Waals surface area contributed by atoms with Crippen molar-refractivity contribution in [2.45, 2.75) is 13.3 Å². The molecule has 0 aromatic heterocycles. The molecular weight excluding hydrogens is 278 g/mol. The van der Waals surface area contributed by atoms with Gasteiger partial charge in [-0.2, -0.15) is 5.26 Å². The number of nitrogens with one attached hydrogen (secondary N) is 2. The topological polar surface area (TPSA) is 82.0 Å². The number of nitrogens with zero attached hydrogens (tertiary/aromatic N) is 1. The van der Waals surface area contributed by atoms with Crippen LogP contribution in [0.2, 0.25) is 0 Å². The molecule has 0 aliphatic carbocycles. The van der Waals surface area contributed by atoms with Crippen molar-refractivity contribution in [3.63, 3.8) is 0 Å². The molecule has 0 heterocycles. The fraction of sp³-hybridized carbons (Fsp3) is 0.118. The molecule has 2 aromatic carbocycles. The molecule has 2 N–H and O–H groups in total. The average Bonchev–Trinajstić information content (AvgIpc) is 2.50. The maximum Gasteiger partial charge on any atom is 0.255 e. The van der Waals surface area contributed by atoms with Gasteiger partial charge in [-0.15, -0.1) is 0 Å². The Kier molecular flexibility index (Phi) is 4.89. The van der Waals surface area contributed by atoms with Gasteiger partial charge in [0, 0.05) is 16.9 Å². The average molecular weight is 293 g/mol. The molecule has 0 aliphatic heterocycles. The van der Waals surface area contributed by atoms with Crippen molar-refractivity contribution in [1.82, 2.24) is 0 Å².